The van der Waals surface area contributed by atoms with E-state index in [0.717, 1.165) is 23.4 Å². The summed E-state index contributed by atoms with van der Waals surface area (Å²) in [6.07, 6.45) is 1.05. The Balaban J connectivity index is 2.22. The highest BCUT2D eigenvalue weighted by Crippen LogP contribution is 2.16. The van der Waals surface area contributed by atoms with Gasteiger partial charge in [0.2, 0.25) is 5.91 Å². The molecule has 0 heterocycles. The van der Waals surface area contributed by atoms with Gasteiger partial charge in [0.1, 0.15) is 0 Å². The molecule has 0 fully saturated rings. The van der Waals surface area contributed by atoms with Gasteiger partial charge in [0.25, 0.3) is 0 Å². The minimum Gasteiger partial charge on any atom is -0.392 e. The number of carbonyl (C=O) groups excluding carboxylic acids is 1. The number of aliphatic hydroxyl groups excluding tert-OH is 1. The average Bonchev–Trinajstić information content (AvgIpc) is 2.34. The molecule has 19 heavy (non-hydrogen) atoms. The van der Waals surface area contributed by atoms with Crippen LogP contribution in [0.3, 0.4) is 0 Å². The Hall–Kier alpha value is -1.00. The van der Waals surface area contributed by atoms with E-state index in [4.69, 9.17) is 0 Å². The topological polar surface area (TPSA) is 49.3 Å². The molecule has 0 spiro atoms. The molecule has 4 heteroatoms. The van der Waals surface area contributed by atoms with E-state index in [2.05, 4.69) is 5.32 Å². The standard InChI is InChI=1S/C15H23NO2S/c1-11-6-4-7-14(10-11)16-15(18)8-5-9-19-13(3)12(2)17/h4,6-7,10,12-13,17H,5,8-9H2,1-3H3,(H,16,18). The van der Waals surface area contributed by atoms with E-state index in [0.29, 0.717) is 6.42 Å². The molecule has 2 N–H and O–H groups in total. The number of rotatable bonds is 7. The summed E-state index contributed by atoms with van der Waals surface area (Å²) in [7, 11) is 0. The number of anilines is 1. The molecule has 2 unspecified atom stereocenters. The number of amides is 1. The first kappa shape index (κ1) is 16.1. The summed E-state index contributed by atoms with van der Waals surface area (Å²) in [5, 5.41) is 12.5. The Morgan fingerprint density at radius 2 is 2.16 bits per heavy atom. The van der Waals surface area contributed by atoms with Crippen LogP contribution in [-0.4, -0.2) is 28.1 Å². The minimum absolute atomic E-state index is 0.0518. The van der Waals surface area contributed by atoms with Crippen molar-refractivity contribution in [2.45, 2.75) is 45.0 Å². The summed E-state index contributed by atoms with van der Waals surface area (Å²) < 4.78 is 0. The van der Waals surface area contributed by atoms with Crippen LogP contribution in [0.15, 0.2) is 24.3 Å². The highest BCUT2D eigenvalue weighted by atomic mass is 32.2. The fraction of sp³-hybridized carbons (Fsp3) is 0.533. The maximum Gasteiger partial charge on any atom is 0.224 e. The quantitative estimate of drug-likeness (QED) is 0.754. The second-order valence-corrected chi connectivity index (χ2v) is 6.32. The monoisotopic (exact) mass is 281 g/mol. The molecule has 2 atom stereocenters. The van der Waals surface area contributed by atoms with E-state index in [1.54, 1.807) is 18.7 Å². The molecule has 0 saturated carbocycles. The van der Waals surface area contributed by atoms with Crippen molar-refractivity contribution in [2.24, 2.45) is 0 Å². The van der Waals surface area contributed by atoms with Crippen molar-refractivity contribution < 1.29 is 9.90 Å². The third kappa shape index (κ3) is 6.64. The Morgan fingerprint density at radius 1 is 1.42 bits per heavy atom. The lowest BCUT2D eigenvalue weighted by Gasteiger charge is -2.13. The smallest absolute Gasteiger partial charge is 0.224 e. The Bertz CT molecular complexity index is 407. The van der Waals surface area contributed by atoms with Crippen LogP contribution in [0.5, 0.6) is 0 Å². The summed E-state index contributed by atoms with van der Waals surface area (Å²) in [5.74, 6) is 0.948. The van der Waals surface area contributed by atoms with Gasteiger partial charge in [-0.2, -0.15) is 11.8 Å². The van der Waals surface area contributed by atoms with Crippen LogP contribution >= 0.6 is 11.8 Å². The van der Waals surface area contributed by atoms with Gasteiger partial charge in [-0.25, -0.2) is 0 Å². The lowest BCUT2D eigenvalue weighted by atomic mass is 10.2. The number of hydrogen-bond donors (Lipinski definition) is 2. The van der Waals surface area contributed by atoms with E-state index < -0.39 is 0 Å². The van der Waals surface area contributed by atoms with Crippen LogP contribution < -0.4 is 5.32 Å². The van der Waals surface area contributed by atoms with Crippen LogP contribution in [0.4, 0.5) is 5.69 Å². The van der Waals surface area contributed by atoms with Crippen LogP contribution in [0.25, 0.3) is 0 Å². The highest BCUT2D eigenvalue weighted by molar-refractivity contribution is 7.99. The predicted molar refractivity (Wildman–Crippen MR) is 82.6 cm³/mol. The first-order chi connectivity index (χ1) is 8.99. The van der Waals surface area contributed by atoms with Crippen molar-refractivity contribution in [2.75, 3.05) is 11.1 Å². The minimum atomic E-state index is -0.300. The summed E-state index contributed by atoms with van der Waals surface area (Å²) in [5.41, 5.74) is 1.99. The van der Waals surface area contributed by atoms with Crippen LogP contribution in [0.1, 0.15) is 32.3 Å². The third-order valence-corrected chi connectivity index (χ3v) is 4.35. The molecule has 3 nitrogen and oxygen atoms in total. The predicted octanol–water partition coefficient (Wildman–Crippen LogP) is 3.22. The molecule has 0 aromatic heterocycles. The molecule has 1 rings (SSSR count). The molecule has 106 valence electrons. The van der Waals surface area contributed by atoms with Gasteiger partial charge in [0, 0.05) is 17.4 Å². The number of hydrogen-bond acceptors (Lipinski definition) is 3. The maximum absolute atomic E-state index is 11.7. The zero-order chi connectivity index (χ0) is 14.3. The van der Waals surface area contributed by atoms with Crippen molar-refractivity contribution in [3.63, 3.8) is 0 Å². The molecule has 0 radical (unpaired) electrons. The molecule has 0 aliphatic heterocycles. The van der Waals surface area contributed by atoms with Gasteiger partial charge in [-0.1, -0.05) is 19.1 Å². The molecule has 1 aromatic rings. The van der Waals surface area contributed by atoms with Crippen molar-refractivity contribution in [3.05, 3.63) is 29.8 Å². The van der Waals surface area contributed by atoms with Gasteiger partial charge in [0.15, 0.2) is 0 Å². The van der Waals surface area contributed by atoms with Gasteiger partial charge in [-0.3, -0.25) is 4.79 Å². The summed E-state index contributed by atoms with van der Waals surface area (Å²) >= 11 is 1.71. The van der Waals surface area contributed by atoms with E-state index in [1.165, 1.54) is 0 Å². The van der Waals surface area contributed by atoms with Gasteiger partial charge in [-0.05, 0) is 43.7 Å². The Kier molecular flexibility index (Phi) is 6.95. The number of benzene rings is 1. The second kappa shape index (κ2) is 8.23. The number of nitrogens with one attached hydrogen (secondary N) is 1. The SMILES string of the molecule is Cc1cccc(NC(=O)CCCSC(C)C(C)O)c1. The van der Waals surface area contributed by atoms with Gasteiger partial charge < -0.3 is 10.4 Å². The molecular formula is C15H23NO2S. The number of thioether (sulfide) groups is 1. The molecule has 0 saturated heterocycles. The van der Waals surface area contributed by atoms with Crippen molar-refractivity contribution >= 4 is 23.4 Å². The van der Waals surface area contributed by atoms with E-state index >= 15 is 0 Å². The first-order valence-electron chi connectivity index (χ1n) is 6.65. The first-order valence-corrected chi connectivity index (χ1v) is 7.70. The zero-order valence-electron chi connectivity index (χ0n) is 11.8. The molecule has 0 aliphatic carbocycles. The average molecular weight is 281 g/mol. The van der Waals surface area contributed by atoms with Crippen molar-refractivity contribution in [1.29, 1.82) is 0 Å². The largest absolute Gasteiger partial charge is 0.392 e. The normalized spacial score (nSPS) is 13.9. The van der Waals surface area contributed by atoms with Gasteiger partial charge in [-0.15, -0.1) is 0 Å². The fourth-order valence-electron chi connectivity index (χ4n) is 1.59. The van der Waals surface area contributed by atoms with Crippen LogP contribution in [0, 0.1) is 6.92 Å². The third-order valence-electron chi connectivity index (χ3n) is 2.91. The van der Waals surface area contributed by atoms with Crippen molar-refractivity contribution in [1.82, 2.24) is 0 Å². The molecule has 0 aliphatic rings. The summed E-state index contributed by atoms with van der Waals surface area (Å²) in [6, 6.07) is 7.80. The summed E-state index contributed by atoms with van der Waals surface area (Å²) in [6.45, 7) is 5.80. The maximum atomic E-state index is 11.7. The molecular weight excluding hydrogens is 258 g/mol. The molecule has 0 bridgehead atoms. The summed E-state index contributed by atoms with van der Waals surface area (Å²) in [4.78, 5) is 11.7. The van der Waals surface area contributed by atoms with E-state index in [9.17, 15) is 9.90 Å². The van der Waals surface area contributed by atoms with Crippen LogP contribution in [0.2, 0.25) is 0 Å². The van der Waals surface area contributed by atoms with E-state index in [-0.39, 0.29) is 17.3 Å². The molecule has 1 amide bonds. The Labute approximate surface area is 119 Å². The number of aryl methyl sites for hydroxylation is 1. The Morgan fingerprint density at radius 3 is 2.79 bits per heavy atom. The van der Waals surface area contributed by atoms with Crippen molar-refractivity contribution in [3.8, 4) is 0 Å². The number of carbonyl (C=O) groups is 1. The lowest BCUT2D eigenvalue weighted by Crippen LogP contribution is -2.16. The fourth-order valence-corrected chi connectivity index (χ4v) is 2.55. The van der Waals surface area contributed by atoms with Gasteiger partial charge in [0.05, 0.1) is 6.10 Å². The highest BCUT2D eigenvalue weighted by Gasteiger charge is 2.09. The lowest BCUT2D eigenvalue weighted by molar-refractivity contribution is -0.116. The van der Waals surface area contributed by atoms with E-state index in [1.807, 2.05) is 38.1 Å². The number of aliphatic hydroxyl groups is 1. The van der Waals surface area contributed by atoms with Crippen LogP contribution in [-0.2, 0) is 4.79 Å². The second-order valence-electron chi connectivity index (χ2n) is 4.84. The molecule has 1 aromatic carbocycles. The zero-order valence-corrected chi connectivity index (χ0v) is 12.7. The van der Waals surface area contributed by atoms with Gasteiger partial charge >= 0.3 is 0 Å².